The number of hydrogen-bond donors (Lipinski definition) is 1. The molecule has 0 aliphatic heterocycles. The summed E-state index contributed by atoms with van der Waals surface area (Å²) >= 11 is 5.06. The Morgan fingerprint density at radius 3 is 2.83 bits per heavy atom. The van der Waals surface area contributed by atoms with E-state index in [1.165, 1.54) is 11.3 Å². The van der Waals surface area contributed by atoms with Crippen LogP contribution in [0.2, 0.25) is 0 Å². The molecule has 1 amide bonds. The number of hydrogen-bond acceptors (Lipinski definition) is 4. The Hall–Kier alpha value is -1.65. The lowest BCUT2D eigenvalue weighted by Crippen LogP contribution is -2.15. The Balaban J connectivity index is 1.68. The molecular weight excluding hydrogens is 388 g/mol. The molecule has 1 N–H and O–H groups in total. The maximum Gasteiger partial charge on any atom is 0.226 e. The molecule has 0 bridgehead atoms. The zero-order valence-corrected chi connectivity index (χ0v) is 16.2. The van der Waals surface area contributed by atoms with Gasteiger partial charge in [0.1, 0.15) is 11.1 Å². The Labute approximate surface area is 153 Å². The normalized spacial score (nSPS) is 13.4. The summed E-state index contributed by atoms with van der Waals surface area (Å²) in [6.07, 6.45) is 4.59. The van der Waals surface area contributed by atoms with E-state index in [0.29, 0.717) is 23.5 Å². The molecule has 0 atom stereocenters. The van der Waals surface area contributed by atoms with Crippen LogP contribution in [0.1, 0.15) is 46.7 Å². The fraction of sp³-hybridized carbons (Fsp3) is 0.471. The summed E-state index contributed by atoms with van der Waals surface area (Å²) in [5.41, 5.74) is 3.75. The monoisotopic (exact) mass is 406 g/mol. The summed E-state index contributed by atoms with van der Waals surface area (Å²) in [6.45, 7) is 4.43. The van der Waals surface area contributed by atoms with E-state index < -0.39 is 0 Å². The van der Waals surface area contributed by atoms with E-state index in [2.05, 4.69) is 32.4 Å². The number of aryl methyl sites for hydroxylation is 3. The van der Waals surface area contributed by atoms with E-state index in [9.17, 15) is 10.1 Å². The van der Waals surface area contributed by atoms with Crippen molar-refractivity contribution in [2.45, 2.75) is 52.5 Å². The standard InChI is InChI=1S/C17H19BrN4OS/c1-10-16(18)11(2)22(21-10)8-7-15(23)20-17-13(9-19)12-5-3-4-6-14(12)24-17/h3-8H2,1-2H3,(H,20,23). The maximum absolute atomic E-state index is 12.3. The summed E-state index contributed by atoms with van der Waals surface area (Å²) in [7, 11) is 0. The third-order valence-electron chi connectivity index (χ3n) is 4.38. The number of amides is 1. The number of nitrogens with one attached hydrogen (secondary N) is 1. The van der Waals surface area contributed by atoms with Crippen LogP contribution < -0.4 is 5.32 Å². The van der Waals surface area contributed by atoms with Crippen LogP contribution in [0.5, 0.6) is 0 Å². The minimum atomic E-state index is -0.0752. The number of carbonyl (C=O) groups excluding carboxylic acids is 1. The Bertz CT molecular complexity index is 831. The molecule has 126 valence electrons. The van der Waals surface area contributed by atoms with Gasteiger partial charge >= 0.3 is 0 Å². The third-order valence-corrected chi connectivity index (χ3v) is 6.73. The quantitative estimate of drug-likeness (QED) is 0.830. The van der Waals surface area contributed by atoms with Gasteiger partial charge in [-0.15, -0.1) is 11.3 Å². The van der Waals surface area contributed by atoms with E-state index in [1.807, 2.05) is 18.5 Å². The molecule has 0 fully saturated rings. The van der Waals surface area contributed by atoms with Crippen molar-refractivity contribution in [2.75, 3.05) is 5.32 Å². The number of aromatic nitrogens is 2. The first-order valence-electron chi connectivity index (χ1n) is 8.05. The minimum Gasteiger partial charge on any atom is -0.317 e. The SMILES string of the molecule is Cc1nn(CCC(=O)Nc2sc3c(c2C#N)CCCC3)c(C)c1Br. The number of fused-ring (bicyclic) bond motifs is 1. The van der Waals surface area contributed by atoms with Gasteiger partial charge in [0.2, 0.25) is 5.91 Å². The van der Waals surface area contributed by atoms with Gasteiger partial charge in [-0.3, -0.25) is 9.48 Å². The van der Waals surface area contributed by atoms with Gasteiger partial charge in [0.25, 0.3) is 0 Å². The second-order valence-corrected chi connectivity index (χ2v) is 7.93. The van der Waals surface area contributed by atoms with E-state index in [4.69, 9.17) is 0 Å². The van der Waals surface area contributed by atoms with Crippen LogP contribution in [0.15, 0.2) is 4.47 Å². The highest BCUT2D eigenvalue weighted by Crippen LogP contribution is 2.37. The van der Waals surface area contributed by atoms with Gasteiger partial charge in [0, 0.05) is 17.0 Å². The summed E-state index contributed by atoms with van der Waals surface area (Å²) in [5.74, 6) is -0.0752. The number of nitriles is 1. The third kappa shape index (κ3) is 3.26. The first-order valence-corrected chi connectivity index (χ1v) is 9.66. The Morgan fingerprint density at radius 2 is 2.17 bits per heavy atom. The minimum absolute atomic E-state index is 0.0752. The molecule has 2 aromatic rings. The molecule has 1 aliphatic rings. The van der Waals surface area contributed by atoms with Crippen molar-refractivity contribution in [3.63, 3.8) is 0 Å². The fourth-order valence-electron chi connectivity index (χ4n) is 3.06. The van der Waals surface area contributed by atoms with Gasteiger partial charge in [-0.1, -0.05) is 0 Å². The van der Waals surface area contributed by atoms with Crippen molar-refractivity contribution >= 4 is 38.2 Å². The predicted molar refractivity (Wildman–Crippen MR) is 98.3 cm³/mol. The molecule has 2 heterocycles. The van der Waals surface area contributed by atoms with E-state index in [-0.39, 0.29) is 5.91 Å². The molecule has 0 spiro atoms. The second kappa shape index (κ2) is 7.08. The molecule has 2 aromatic heterocycles. The van der Waals surface area contributed by atoms with Crippen molar-refractivity contribution in [2.24, 2.45) is 0 Å². The van der Waals surface area contributed by atoms with Crippen molar-refractivity contribution in [3.8, 4) is 6.07 Å². The maximum atomic E-state index is 12.3. The average molecular weight is 407 g/mol. The molecule has 3 rings (SSSR count). The van der Waals surface area contributed by atoms with Crippen LogP contribution in [0.25, 0.3) is 0 Å². The first kappa shape index (κ1) is 17.2. The van der Waals surface area contributed by atoms with Crippen LogP contribution in [0, 0.1) is 25.2 Å². The van der Waals surface area contributed by atoms with Crippen LogP contribution in [-0.4, -0.2) is 15.7 Å². The van der Waals surface area contributed by atoms with Gasteiger partial charge in [-0.2, -0.15) is 10.4 Å². The second-order valence-electron chi connectivity index (χ2n) is 6.03. The molecule has 0 radical (unpaired) electrons. The van der Waals surface area contributed by atoms with Crippen molar-refractivity contribution < 1.29 is 4.79 Å². The predicted octanol–water partition coefficient (Wildman–Crippen LogP) is 4.10. The zero-order valence-electron chi connectivity index (χ0n) is 13.8. The zero-order chi connectivity index (χ0) is 17.3. The molecule has 5 nitrogen and oxygen atoms in total. The van der Waals surface area contributed by atoms with Crippen LogP contribution in [0.3, 0.4) is 0 Å². The van der Waals surface area contributed by atoms with Gasteiger partial charge in [-0.25, -0.2) is 0 Å². The molecule has 0 saturated carbocycles. The Kier molecular flexibility index (Phi) is 5.07. The topological polar surface area (TPSA) is 70.7 Å². The fourth-order valence-corrected chi connectivity index (χ4v) is 4.60. The van der Waals surface area contributed by atoms with Crippen LogP contribution >= 0.6 is 27.3 Å². The molecule has 24 heavy (non-hydrogen) atoms. The molecule has 0 unspecified atom stereocenters. The molecular formula is C17H19BrN4OS. The van der Waals surface area contributed by atoms with Gasteiger partial charge < -0.3 is 5.32 Å². The number of nitrogens with zero attached hydrogens (tertiary/aromatic N) is 3. The number of rotatable bonds is 4. The lowest BCUT2D eigenvalue weighted by atomic mass is 9.96. The van der Waals surface area contributed by atoms with Crippen LogP contribution in [0.4, 0.5) is 5.00 Å². The highest BCUT2D eigenvalue weighted by Gasteiger charge is 2.21. The number of halogens is 1. The highest BCUT2D eigenvalue weighted by molar-refractivity contribution is 9.10. The number of anilines is 1. The van der Waals surface area contributed by atoms with E-state index >= 15 is 0 Å². The average Bonchev–Trinajstić information content (AvgIpc) is 3.04. The summed E-state index contributed by atoms with van der Waals surface area (Å²) in [4.78, 5) is 13.6. The van der Waals surface area contributed by atoms with Crippen molar-refractivity contribution in [1.29, 1.82) is 5.26 Å². The molecule has 1 aliphatic carbocycles. The molecule has 0 aromatic carbocycles. The highest BCUT2D eigenvalue weighted by atomic mass is 79.9. The summed E-state index contributed by atoms with van der Waals surface area (Å²) < 4.78 is 2.82. The number of carbonyl (C=O) groups is 1. The summed E-state index contributed by atoms with van der Waals surface area (Å²) in [5, 5.41) is 17.5. The lowest BCUT2D eigenvalue weighted by Gasteiger charge is -2.09. The van der Waals surface area contributed by atoms with E-state index in [0.717, 1.165) is 40.7 Å². The smallest absolute Gasteiger partial charge is 0.226 e. The Morgan fingerprint density at radius 1 is 1.42 bits per heavy atom. The molecule has 0 saturated heterocycles. The lowest BCUT2D eigenvalue weighted by molar-refractivity contribution is -0.116. The van der Waals surface area contributed by atoms with Gasteiger partial charge in [0.05, 0.1) is 22.3 Å². The first-order chi connectivity index (χ1) is 11.5. The largest absolute Gasteiger partial charge is 0.317 e. The molecule has 7 heteroatoms. The van der Waals surface area contributed by atoms with E-state index in [1.54, 1.807) is 11.3 Å². The van der Waals surface area contributed by atoms with Gasteiger partial charge in [0.15, 0.2) is 0 Å². The number of thiophene rings is 1. The van der Waals surface area contributed by atoms with Crippen molar-refractivity contribution in [1.82, 2.24) is 9.78 Å². The summed E-state index contributed by atoms with van der Waals surface area (Å²) in [6, 6.07) is 2.27. The van der Waals surface area contributed by atoms with Gasteiger partial charge in [-0.05, 0) is 61.0 Å². The van der Waals surface area contributed by atoms with Crippen molar-refractivity contribution in [3.05, 3.63) is 31.9 Å². The van der Waals surface area contributed by atoms with Crippen LogP contribution in [-0.2, 0) is 24.2 Å².